The molecule has 0 fully saturated rings. The average Bonchev–Trinajstić information content (AvgIpc) is 2.47. The molecule has 0 unspecified atom stereocenters. The number of anilines is 1. The van der Waals surface area contributed by atoms with Gasteiger partial charge in [0.25, 0.3) is 0 Å². The Bertz CT molecular complexity index is 776. The van der Waals surface area contributed by atoms with Gasteiger partial charge < -0.3 is 5.73 Å². The number of unbranched alkanes of at least 4 members (excludes halogenated alkanes) is 2. The molecule has 110 valence electrons. The van der Waals surface area contributed by atoms with Gasteiger partial charge >= 0.3 is 0 Å². The third-order valence-corrected chi connectivity index (χ3v) is 4.77. The van der Waals surface area contributed by atoms with E-state index in [1.165, 1.54) is 0 Å². The minimum Gasteiger partial charge on any atom is -0.398 e. The number of rotatable bonds is 6. The van der Waals surface area contributed by atoms with E-state index in [-0.39, 0.29) is 4.90 Å². The molecule has 0 saturated heterocycles. The van der Waals surface area contributed by atoms with Crippen LogP contribution < -0.4 is 10.5 Å². The Morgan fingerprint density at radius 1 is 1.10 bits per heavy atom. The first-order valence-corrected chi connectivity index (χ1v) is 8.25. The van der Waals surface area contributed by atoms with Crippen molar-refractivity contribution in [1.82, 2.24) is 4.72 Å². The maximum Gasteiger partial charge on any atom is 0.241 e. The molecule has 0 aliphatic heterocycles. The second-order valence-electron chi connectivity index (χ2n) is 4.76. The summed E-state index contributed by atoms with van der Waals surface area (Å²) in [5, 5.41) is 1.38. The van der Waals surface area contributed by atoms with Crippen LogP contribution in [0, 0.1) is 12.3 Å². The lowest BCUT2D eigenvalue weighted by molar-refractivity contribution is 0.578. The number of nitrogen functional groups attached to an aromatic ring is 1. The Kier molecular flexibility index (Phi) is 4.84. The standard InChI is InChI=1S/C16H18N2O2S/c1-2-3-4-7-12-18-21(19,20)16-11-10-15(17)13-8-5-6-9-14(13)16/h1,5-6,8-11,18H,3-4,7,12,17H2. The van der Waals surface area contributed by atoms with Crippen LogP contribution in [-0.4, -0.2) is 15.0 Å². The highest BCUT2D eigenvalue weighted by Crippen LogP contribution is 2.27. The number of sulfonamides is 1. The van der Waals surface area contributed by atoms with E-state index in [2.05, 4.69) is 10.6 Å². The van der Waals surface area contributed by atoms with Crippen LogP contribution in [0.1, 0.15) is 19.3 Å². The minimum atomic E-state index is -3.55. The van der Waals surface area contributed by atoms with E-state index in [4.69, 9.17) is 12.2 Å². The number of hydrogen-bond acceptors (Lipinski definition) is 3. The number of benzene rings is 2. The second-order valence-corrected chi connectivity index (χ2v) is 6.49. The van der Waals surface area contributed by atoms with Crippen molar-refractivity contribution in [1.29, 1.82) is 0 Å². The molecule has 21 heavy (non-hydrogen) atoms. The van der Waals surface area contributed by atoms with Crippen molar-refractivity contribution < 1.29 is 8.42 Å². The van der Waals surface area contributed by atoms with Crippen LogP contribution >= 0.6 is 0 Å². The third kappa shape index (κ3) is 3.54. The lowest BCUT2D eigenvalue weighted by atomic mass is 10.1. The summed E-state index contributed by atoms with van der Waals surface area (Å²) in [7, 11) is -3.55. The molecule has 0 atom stereocenters. The van der Waals surface area contributed by atoms with Gasteiger partial charge in [0.1, 0.15) is 0 Å². The lowest BCUT2D eigenvalue weighted by Crippen LogP contribution is -2.25. The number of fused-ring (bicyclic) bond motifs is 1. The number of terminal acetylenes is 1. The smallest absolute Gasteiger partial charge is 0.241 e. The summed E-state index contributed by atoms with van der Waals surface area (Å²) in [6.45, 7) is 0.378. The average molecular weight is 302 g/mol. The van der Waals surface area contributed by atoms with Crippen LogP contribution in [0.5, 0.6) is 0 Å². The van der Waals surface area contributed by atoms with E-state index in [1.54, 1.807) is 24.3 Å². The van der Waals surface area contributed by atoms with Gasteiger partial charge in [0, 0.05) is 29.4 Å². The van der Waals surface area contributed by atoms with Crippen molar-refractivity contribution in [3.05, 3.63) is 36.4 Å². The fraction of sp³-hybridized carbons (Fsp3) is 0.250. The first-order valence-electron chi connectivity index (χ1n) is 6.76. The van der Waals surface area contributed by atoms with Gasteiger partial charge in [-0.3, -0.25) is 0 Å². The summed E-state index contributed by atoms with van der Waals surface area (Å²) >= 11 is 0. The summed E-state index contributed by atoms with van der Waals surface area (Å²) in [4.78, 5) is 0.254. The topological polar surface area (TPSA) is 72.2 Å². The van der Waals surface area contributed by atoms with Gasteiger partial charge in [-0.15, -0.1) is 12.3 Å². The van der Waals surface area contributed by atoms with Crippen LogP contribution in [0.3, 0.4) is 0 Å². The van der Waals surface area contributed by atoms with E-state index < -0.39 is 10.0 Å². The molecule has 0 spiro atoms. The Morgan fingerprint density at radius 3 is 2.52 bits per heavy atom. The van der Waals surface area contributed by atoms with Crippen LogP contribution in [0.25, 0.3) is 10.8 Å². The van der Waals surface area contributed by atoms with Crippen molar-refractivity contribution >= 4 is 26.5 Å². The third-order valence-electron chi connectivity index (χ3n) is 3.25. The van der Waals surface area contributed by atoms with E-state index >= 15 is 0 Å². The molecule has 0 saturated carbocycles. The Hall–Kier alpha value is -2.03. The van der Waals surface area contributed by atoms with Crippen molar-refractivity contribution in [2.45, 2.75) is 24.2 Å². The highest BCUT2D eigenvalue weighted by molar-refractivity contribution is 7.89. The van der Waals surface area contributed by atoms with Crippen LogP contribution in [0.2, 0.25) is 0 Å². The zero-order valence-corrected chi connectivity index (χ0v) is 12.5. The first-order chi connectivity index (χ1) is 10.1. The maximum absolute atomic E-state index is 12.4. The molecule has 2 rings (SSSR count). The second kappa shape index (κ2) is 6.61. The molecule has 0 amide bonds. The quantitative estimate of drug-likeness (QED) is 0.489. The van der Waals surface area contributed by atoms with Crippen molar-refractivity contribution in [2.24, 2.45) is 0 Å². The fourth-order valence-corrected chi connectivity index (χ4v) is 3.45. The van der Waals surface area contributed by atoms with Gasteiger partial charge in [-0.05, 0) is 25.0 Å². The van der Waals surface area contributed by atoms with Gasteiger partial charge in [0.2, 0.25) is 10.0 Å². The lowest BCUT2D eigenvalue weighted by Gasteiger charge is -2.10. The predicted molar refractivity (Wildman–Crippen MR) is 86.2 cm³/mol. The molecule has 0 radical (unpaired) electrons. The van der Waals surface area contributed by atoms with E-state index in [9.17, 15) is 8.42 Å². The molecule has 0 aliphatic rings. The number of nitrogens with two attached hydrogens (primary N) is 1. The molecule has 0 heterocycles. The van der Waals surface area contributed by atoms with Gasteiger partial charge in [0.15, 0.2) is 0 Å². The minimum absolute atomic E-state index is 0.254. The van der Waals surface area contributed by atoms with Gasteiger partial charge in [-0.1, -0.05) is 24.3 Å². The number of nitrogens with one attached hydrogen (secondary N) is 1. The molecule has 0 aromatic heterocycles. The van der Waals surface area contributed by atoms with E-state index in [1.807, 2.05) is 12.1 Å². The van der Waals surface area contributed by atoms with Crippen molar-refractivity contribution in [3.8, 4) is 12.3 Å². The normalized spacial score (nSPS) is 11.4. The van der Waals surface area contributed by atoms with Crippen LogP contribution in [0.4, 0.5) is 5.69 Å². The van der Waals surface area contributed by atoms with Crippen LogP contribution in [0.15, 0.2) is 41.3 Å². The molecule has 4 nitrogen and oxygen atoms in total. The molecule has 2 aromatic carbocycles. The maximum atomic E-state index is 12.4. The van der Waals surface area contributed by atoms with Crippen molar-refractivity contribution in [3.63, 3.8) is 0 Å². The van der Waals surface area contributed by atoms with Gasteiger partial charge in [0.05, 0.1) is 4.90 Å². The number of hydrogen-bond donors (Lipinski definition) is 2. The van der Waals surface area contributed by atoms with E-state index in [0.717, 1.165) is 18.2 Å². The molecule has 0 bridgehead atoms. The largest absolute Gasteiger partial charge is 0.398 e. The zero-order valence-electron chi connectivity index (χ0n) is 11.7. The zero-order chi connectivity index (χ0) is 15.3. The molecular formula is C16H18N2O2S. The van der Waals surface area contributed by atoms with Gasteiger partial charge in [-0.25, -0.2) is 13.1 Å². The summed E-state index contributed by atoms with van der Waals surface area (Å²) in [5.41, 5.74) is 6.46. The summed E-state index contributed by atoms with van der Waals surface area (Å²) in [6.07, 6.45) is 7.35. The molecule has 2 aromatic rings. The van der Waals surface area contributed by atoms with Crippen LogP contribution in [-0.2, 0) is 10.0 Å². The fourth-order valence-electron chi connectivity index (χ4n) is 2.17. The predicted octanol–water partition coefficient (Wildman–Crippen LogP) is 2.50. The molecular weight excluding hydrogens is 284 g/mol. The monoisotopic (exact) mass is 302 g/mol. The molecule has 0 aliphatic carbocycles. The molecule has 3 N–H and O–H groups in total. The first kappa shape index (κ1) is 15.4. The highest BCUT2D eigenvalue weighted by Gasteiger charge is 2.17. The van der Waals surface area contributed by atoms with Crippen molar-refractivity contribution in [2.75, 3.05) is 12.3 Å². The Balaban J connectivity index is 2.25. The van der Waals surface area contributed by atoms with E-state index in [0.29, 0.717) is 24.0 Å². The van der Waals surface area contributed by atoms with Gasteiger partial charge in [-0.2, -0.15) is 0 Å². The Morgan fingerprint density at radius 2 is 1.81 bits per heavy atom. The molecule has 5 heteroatoms. The SMILES string of the molecule is C#CCCCCNS(=O)(=O)c1ccc(N)c2ccccc12. The summed E-state index contributed by atoms with van der Waals surface area (Å²) in [5.74, 6) is 2.54. The highest BCUT2D eigenvalue weighted by atomic mass is 32.2. The summed E-state index contributed by atoms with van der Waals surface area (Å²) < 4.78 is 27.4. The Labute approximate surface area is 125 Å². The summed E-state index contributed by atoms with van der Waals surface area (Å²) in [6, 6.07) is 10.4.